The van der Waals surface area contributed by atoms with E-state index in [0.29, 0.717) is 0 Å². The first kappa shape index (κ1) is 13.4. The molecule has 3 aromatic carbocycles. The fourth-order valence-electron chi connectivity index (χ4n) is 2.91. The van der Waals surface area contributed by atoms with Gasteiger partial charge in [-0.1, -0.05) is 72.8 Å². The van der Waals surface area contributed by atoms with Crippen LogP contribution in [-0.2, 0) is 11.8 Å². The smallest absolute Gasteiger partial charge is 0.0840 e. The summed E-state index contributed by atoms with van der Waals surface area (Å²) in [5.41, 5.74) is 1.77. The van der Waals surface area contributed by atoms with Gasteiger partial charge in [0.2, 0.25) is 0 Å². The van der Waals surface area contributed by atoms with Crippen LogP contribution in [0.4, 0.5) is 0 Å². The molecule has 0 N–H and O–H groups in total. The van der Waals surface area contributed by atoms with Gasteiger partial charge in [0.1, 0.15) is 0 Å². The molecule has 0 heterocycles. The molecule has 1 nitrogen and oxygen atoms in total. The van der Waals surface area contributed by atoms with Gasteiger partial charge in [-0.3, -0.25) is 0 Å². The second-order valence-corrected chi connectivity index (χ2v) is 5.63. The monoisotopic (exact) mass is 271 g/mol. The highest BCUT2D eigenvalue weighted by atomic mass is 14.4. The minimum Gasteiger partial charge on any atom is -0.197 e. The molecule has 1 heteroatoms. The molecular formula is C20H17N. The van der Waals surface area contributed by atoms with Gasteiger partial charge in [-0.2, -0.15) is 5.26 Å². The number of benzene rings is 3. The SMILES string of the molecule is CC(C#N)(Cc1ccccc1)c1cccc2ccccc12. The zero-order valence-corrected chi connectivity index (χ0v) is 12.1. The van der Waals surface area contributed by atoms with Crippen molar-refractivity contribution in [3.8, 4) is 6.07 Å². The summed E-state index contributed by atoms with van der Waals surface area (Å²) in [7, 11) is 0. The van der Waals surface area contributed by atoms with E-state index in [4.69, 9.17) is 0 Å². The van der Waals surface area contributed by atoms with Crippen molar-refractivity contribution in [2.24, 2.45) is 0 Å². The standard InChI is InChI=1S/C20H17N/c1-20(15-21,14-16-8-3-2-4-9-16)19-13-7-11-17-10-5-6-12-18(17)19/h2-13H,14H2,1H3. The van der Waals surface area contributed by atoms with Crippen molar-refractivity contribution in [1.29, 1.82) is 5.26 Å². The molecule has 1 unspecified atom stereocenters. The first-order valence-electron chi connectivity index (χ1n) is 7.16. The second kappa shape index (κ2) is 5.42. The lowest BCUT2D eigenvalue weighted by Gasteiger charge is -2.24. The number of hydrogen-bond acceptors (Lipinski definition) is 1. The van der Waals surface area contributed by atoms with Crippen molar-refractivity contribution >= 4 is 10.8 Å². The molecule has 0 spiro atoms. The third kappa shape index (κ3) is 2.53. The molecule has 0 aliphatic rings. The molecule has 0 fully saturated rings. The van der Waals surface area contributed by atoms with Crippen molar-refractivity contribution in [3.63, 3.8) is 0 Å². The maximum absolute atomic E-state index is 9.81. The predicted octanol–water partition coefficient (Wildman–Crippen LogP) is 4.86. The Kier molecular flexibility index (Phi) is 3.46. The molecule has 1 atom stereocenters. The van der Waals surface area contributed by atoms with E-state index in [1.165, 1.54) is 16.3 Å². The Morgan fingerprint density at radius 1 is 0.857 bits per heavy atom. The Labute approximate surface area is 125 Å². The fraction of sp³-hybridized carbons (Fsp3) is 0.150. The normalized spacial score (nSPS) is 13.5. The zero-order chi connectivity index (χ0) is 14.7. The van der Waals surface area contributed by atoms with Crippen LogP contribution >= 0.6 is 0 Å². The predicted molar refractivity (Wildman–Crippen MR) is 87.1 cm³/mol. The maximum Gasteiger partial charge on any atom is 0.0840 e. The highest BCUT2D eigenvalue weighted by Crippen LogP contribution is 2.33. The van der Waals surface area contributed by atoms with Crippen LogP contribution in [0.3, 0.4) is 0 Å². The number of nitriles is 1. The van der Waals surface area contributed by atoms with Crippen molar-refractivity contribution in [1.82, 2.24) is 0 Å². The van der Waals surface area contributed by atoms with Gasteiger partial charge in [0.05, 0.1) is 11.5 Å². The summed E-state index contributed by atoms with van der Waals surface area (Å²) >= 11 is 0. The summed E-state index contributed by atoms with van der Waals surface area (Å²) < 4.78 is 0. The third-order valence-electron chi connectivity index (χ3n) is 4.03. The summed E-state index contributed by atoms with van der Waals surface area (Å²) in [6, 6.07) is 27.2. The van der Waals surface area contributed by atoms with E-state index in [2.05, 4.69) is 42.5 Å². The lowest BCUT2D eigenvalue weighted by atomic mass is 9.76. The van der Waals surface area contributed by atoms with Crippen molar-refractivity contribution < 1.29 is 0 Å². The van der Waals surface area contributed by atoms with Gasteiger partial charge < -0.3 is 0 Å². The van der Waals surface area contributed by atoms with Crippen LogP contribution in [0.1, 0.15) is 18.1 Å². The Morgan fingerprint density at radius 3 is 2.29 bits per heavy atom. The Balaban J connectivity index is 2.12. The highest BCUT2D eigenvalue weighted by Gasteiger charge is 2.28. The van der Waals surface area contributed by atoms with Crippen LogP contribution in [-0.4, -0.2) is 0 Å². The van der Waals surface area contributed by atoms with Gasteiger partial charge in [-0.25, -0.2) is 0 Å². The van der Waals surface area contributed by atoms with Crippen LogP contribution in [0.25, 0.3) is 10.8 Å². The minimum absolute atomic E-state index is 0.526. The molecule has 3 rings (SSSR count). The molecule has 0 saturated carbocycles. The topological polar surface area (TPSA) is 23.8 Å². The van der Waals surface area contributed by atoms with E-state index < -0.39 is 5.41 Å². The van der Waals surface area contributed by atoms with Crippen molar-refractivity contribution in [2.75, 3.05) is 0 Å². The average Bonchev–Trinajstić information content (AvgIpc) is 2.55. The quantitative estimate of drug-likeness (QED) is 0.667. The number of nitrogens with zero attached hydrogens (tertiary/aromatic N) is 1. The van der Waals surface area contributed by atoms with Crippen LogP contribution in [0, 0.1) is 11.3 Å². The fourth-order valence-corrected chi connectivity index (χ4v) is 2.91. The Bertz CT molecular complexity index is 793. The first-order valence-corrected chi connectivity index (χ1v) is 7.16. The molecule has 0 bridgehead atoms. The van der Waals surface area contributed by atoms with E-state index in [-0.39, 0.29) is 0 Å². The number of rotatable bonds is 3. The van der Waals surface area contributed by atoms with Crippen LogP contribution in [0.5, 0.6) is 0 Å². The van der Waals surface area contributed by atoms with Crippen molar-refractivity contribution in [3.05, 3.63) is 83.9 Å². The van der Waals surface area contributed by atoms with Crippen LogP contribution in [0.15, 0.2) is 72.8 Å². The highest BCUT2D eigenvalue weighted by molar-refractivity contribution is 5.87. The molecule has 0 aromatic heterocycles. The Morgan fingerprint density at radius 2 is 1.52 bits per heavy atom. The summed E-state index contributed by atoms with van der Waals surface area (Å²) in [6.45, 7) is 2.03. The second-order valence-electron chi connectivity index (χ2n) is 5.63. The molecule has 0 amide bonds. The van der Waals surface area contributed by atoms with Gasteiger partial charge >= 0.3 is 0 Å². The van der Waals surface area contributed by atoms with Crippen LogP contribution < -0.4 is 0 Å². The summed E-state index contributed by atoms with van der Waals surface area (Å²) in [5, 5.41) is 12.2. The molecule has 0 radical (unpaired) electrons. The van der Waals surface area contributed by atoms with Gasteiger partial charge in [-0.15, -0.1) is 0 Å². The molecule has 0 aliphatic carbocycles. The average molecular weight is 271 g/mol. The minimum atomic E-state index is -0.526. The summed E-state index contributed by atoms with van der Waals surface area (Å²) in [6.07, 6.45) is 0.721. The van der Waals surface area contributed by atoms with Gasteiger partial charge in [0, 0.05) is 0 Å². The zero-order valence-electron chi connectivity index (χ0n) is 12.1. The lowest BCUT2D eigenvalue weighted by molar-refractivity contribution is 0.612. The molecular weight excluding hydrogens is 254 g/mol. The first-order chi connectivity index (χ1) is 10.2. The van der Waals surface area contributed by atoms with E-state index in [9.17, 15) is 5.26 Å². The van der Waals surface area contributed by atoms with Crippen molar-refractivity contribution in [2.45, 2.75) is 18.8 Å². The van der Waals surface area contributed by atoms with E-state index in [1.807, 2.05) is 43.3 Å². The lowest BCUT2D eigenvalue weighted by Crippen LogP contribution is -2.23. The van der Waals surface area contributed by atoms with E-state index in [0.717, 1.165) is 12.0 Å². The maximum atomic E-state index is 9.81. The molecule has 21 heavy (non-hydrogen) atoms. The number of hydrogen-bond donors (Lipinski definition) is 0. The summed E-state index contributed by atoms with van der Waals surface area (Å²) in [4.78, 5) is 0. The van der Waals surface area contributed by atoms with Gasteiger partial charge in [0.15, 0.2) is 0 Å². The van der Waals surface area contributed by atoms with Crippen LogP contribution in [0.2, 0.25) is 0 Å². The Hall–Kier alpha value is -2.59. The molecule has 3 aromatic rings. The molecule has 0 saturated heterocycles. The van der Waals surface area contributed by atoms with E-state index >= 15 is 0 Å². The molecule has 0 aliphatic heterocycles. The largest absolute Gasteiger partial charge is 0.197 e. The van der Waals surface area contributed by atoms with Gasteiger partial charge in [-0.05, 0) is 35.2 Å². The van der Waals surface area contributed by atoms with Gasteiger partial charge in [0.25, 0.3) is 0 Å². The molecule has 102 valence electrons. The third-order valence-corrected chi connectivity index (χ3v) is 4.03. The summed E-state index contributed by atoms with van der Waals surface area (Å²) in [5.74, 6) is 0. The van der Waals surface area contributed by atoms with E-state index in [1.54, 1.807) is 0 Å². The number of fused-ring (bicyclic) bond motifs is 1.